The lowest BCUT2D eigenvalue weighted by atomic mass is 10.0. The van der Waals surface area contributed by atoms with E-state index in [9.17, 15) is 9.00 Å². The highest BCUT2D eigenvalue weighted by Crippen LogP contribution is 2.35. The van der Waals surface area contributed by atoms with Crippen LogP contribution >= 0.6 is 0 Å². The molecule has 3 aromatic rings. The van der Waals surface area contributed by atoms with Crippen LogP contribution in [0.4, 0.5) is 0 Å². The third-order valence-electron chi connectivity index (χ3n) is 4.52. The summed E-state index contributed by atoms with van der Waals surface area (Å²) in [5.41, 5.74) is 4.08. The minimum atomic E-state index is -1.33. The van der Waals surface area contributed by atoms with Gasteiger partial charge in [0.25, 0.3) is 0 Å². The zero-order valence-corrected chi connectivity index (χ0v) is 13.9. The Balaban J connectivity index is 1.78. The lowest BCUT2D eigenvalue weighted by Gasteiger charge is -2.15. The number of pyridine rings is 1. The molecular formula is C18H17N3O2S. The SMILES string of the molecule is O=Cc1ccnc2c1CCCCC2S(=O)c1nc2ccccc2[nH]1. The summed E-state index contributed by atoms with van der Waals surface area (Å²) in [4.78, 5) is 23.5. The van der Waals surface area contributed by atoms with Gasteiger partial charge in [0.15, 0.2) is 5.16 Å². The molecule has 24 heavy (non-hydrogen) atoms. The van der Waals surface area contributed by atoms with Gasteiger partial charge in [-0.25, -0.2) is 4.98 Å². The Morgan fingerprint density at radius 1 is 1.21 bits per heavy atom. The minimum absolute atomic E-state index is 0.233. The van der Waals surface area contributed by atoms with Crippen molar-refractivity contribution in [1.82, 2.24) is 15.0 Å². The Morgan fingerprint density at radius 3 is 2.92 bits per heavy atom. The molecule has 1 aromatic carbocycles. The Labute approximate surface area is 142 Å². The summed E-state index contributed by atoms with van der Waals surface area (Å²) in [6.07, 6.45) is 6.04. The molecule has 6 heteroatoms. The lowest BCUT2D eigenvalue weighted by molar-refractivity contribution is 0.112. The molecule has 0 saturated carbocycles. The maximum absolute atomic E-state index is 13.2. The van der Waals surface area contributed by atoms with Crippen molar-refractivity contribution in [2.45, 2.75) is 36.1 Å². The summed E-state index contributed by atoms with van der Waals surface area (Å²) in [7, 11) is -1.33. The lowest BCUT2D eigenvalue weighted by Crippen LogP contribution is -2.12. The number of benzene rings is 1. The number of nitrogens with zero attached hydrogens (tertiary/aromatic N) is 2. The first-order valence-electron chi connectivity index (χ1n) is 8.06. The molecule has 0 fully saturated rings. The smallest absolute Gasteiger partial charge is 0.198 e. The van der Waals surface area contributed by atoms with Crippen molar-refractivity contribution < 1.29 is 9.00 Å². The molecule has 2 heterocycles. The highest BCUT2D eigenvalue weighted by atomic mass is 32.2. The summed E-state index contributed by atoms with van der Waals surface area (Å²) < 4.78 is 13.2. The molecule has 0 amide bonds. The van der Waals surface area contributed by atoms with E-state index in [0.717, 1.165) is 54.3 Å². The van der Waals surface area contributed by atoms with Crippen molar-refractivity contribution in [2.24, 2.45) is 0 Å². The normalized spacial score (nSPS) is 18.8. The van der Waals surface area contributed by atoms with E-state index in [2.05, 4.69) is 15.0 Å². The van der Waals surface area contributed by atoms with Crippen LogP contribution in [0.3, 0.4) is 0 Å². The van der Waals surface area contributed by atoms with Gasteiger partial charge in [0.1, 0.15) is 6.29 Å². The van der Waals surface area contributed by atoms with Gasteiger partial charge >= 0.3 is 0 Å². The first kappa shape index (κ1) is 15.2. The van der Waals surface area contributed by atoms with Crippen LogP contribution in [0.15, 0.2) is 41.7 Å². The second-order valence-corrected chi connectivity index (χ2v) is 7.52. The van der Waals surface area contributed by atoms with Crippen molar-refractivity contribution in [3.8, 4) is 0 Å². The zero-order valence-electron chi connectivity index (χ0n) is 13.1. The van der Waals surface area contributed by atoms with Crippen LogP contribution in [0.1, 0.15) is 46.1 Å². The van der Waals surface area contributed by atoms with Gasteiger partial charge in [-0.3, -0.25) is 14.0 Å². The minimum Gasteiger partial charge on any atom is -0.331 e. The summed E-state index contributed by atoms with van der Waals surface area (Å²) in [5, 5.41) is 0.246. The van der Waals surface area contributed by atoms with Crippen molar-refractivity contribution in [3.05, 3.63) is 53.3 Å². The summed E-state index contributed by atoms with van der Waals surface area (Å²) in [5.74, 6) is 0. The van der Waals surface area contributed by atoms with E-state index in [1.54, 1.807) is 12.3 Å². The molecule has 1 N–H and O–H groups in total. The van der Waals surface area contributed by atoms with Crippen LogP contribution in [-0.4, -0.2) is 25.4 Å². The number of fused-ring (bicyclic) bond motifs is 2. The predicted molar refractivity (Wildman–Crippen MR) is 92.4 cm³/mol. The monoisotopic (exact) mass is 339 g/mol. The van der Waals surface area contributed by atoms with Gasteiger partial charge < -0.3 is 4.98 Å². The molecule has 0 bridgehead atoms. The van der Waals surface area contributed by atoms with Crippen LogP contribution in [0.5, 0.6) is 0 Å². The van der Waals surface area contributed by atoms with E-state index in [0.29, 0.717) is 10.7 Å². The number of hydrogen-bond acceptors (Lipinski definition) is 4. The van der Waals surface area contributed by atoms with Gasteiger partial charge in [-0.05, 0) is 43.0 Å². The molecule has 2 aromatic heterocycles. The van der Waals surface area contributed by atoms with E-state index in [1.165, 1.54) is 0 Å². The highest BCUT2D eigenvalue weighted by Gasteiger charge is 2.29. The molecule has 0 radical (unpaired) electrons. The summed E-state index contributed by atoms with van der Waals surface area (Å²) >= 11 is 0. The number of aromatic nitrogens is 3. The Bertz CT molecular complexity index is 902. The number of carbonyl (C=O) groups is 1. The second-order valence-electron chi connectivity index (χ2n) is 5.97. The van der Waals surface area contributed by atoms with E-state index in [1.807, 2.05) is 24.3 Å². The number of imidazole rings is 1. The first-order valence-corrected chi connectivity index (χ1v) is 9.27. The molecular weight excluding hydrogens is 322 g/mol. The van der Waals surface area contributed by atoms with E-state index in [4.69, 9.17) is 0 Å². The fourth-order valence-electron chi connectivity index (χ4n) is 3.32. The van der Waals surface area contributed by atoms with Crippen molar-refractivity contribution in [1.29, 1.82) is 0 Å². The first-order chi connectivity index (χ1) is 11.8. The maximum Gasteiger partial charge on any atom is 0.198 e. The van der Waals surface area contributed by atoms with Crippen LogP contribution in [0.25, 0.3) is 11.0 Å². The van der Waals surface area contributed by atoms with Gasteiger partial charge in [0, 0.05) is 11.8 Å². The third-order valence-corrected chi connectivity index (χ3v) is 6.07. The Kier molecular flexibility index (Phi) is 3.98. The van der Waals surface area contributed by atoms with Crippen LogP contribution < -0.4 is 0 Å². The second kappa shape index (κ2) is 6.28. The van der Waals surface area contributed by atoms with Crippen molar-refractivity contribution in [3.63, 3.8) is 0 Å². The van der Waals surface area contributed by atoms with Crippen LogP contribution in [-0.2, 0) is 17.2 Å². The van der Waals surface area contributed by atoms with E-state index in [-0.39, 0.29) is 5.25 Å². The average molecular weight is 339 g/mol. The fraction of sp³-hybridized carbons (Fsp3) is 0.278. The van der Waals surface area contributed by atoms with Gasteiger partial charge in [-0.2, -0.15) is 0 Å². The van der Waals surface area contributed by atoms with Crippen molar-refractivity contribution >= 4 is 28.1 Å². The highest BCUT2D eigenvalue weighted by molar-refractivity contribution is 7.85. The van der Waals surface area contributed by atoms with E-state index >= 15 is 0 Å². The Morgan fingerprint density at radius 2 is 2.08 bits per heavy atom. The molecule has 2 atom stereocenters. The molecule has 1 aliphatic carbocycles. The number of aromatic amines is 1. The van der Waals surface area contributed by atoms with Gasteiger partial charge in [-0.15, -0.1) is 0 Å². The van der Waals surface area contributed by atoms with Gasteiger partial charge in [0.05, 0.1) is 32.8 Å². The largest absolute Gasteiger partial charge is 0.331 e. The number of carbonyl (C=O) groups excluding carboxylic acids is 1. The summed E-state index contributed by atoms with van der Waals surface area (Å²) in [6.45, 7) is 0. The number of rotatable bonds is 3. The quantitative estimate of drug-likeness (QED) is 0.586. The Hall–Kier alpha value is -2.34. The maximum atomic E-state index is 13.2. The topological polar surface area (TPSA) is 75.7 Å². The molecule has 4 rings (SSSR count). The average Bonchev–Trinajstić information content (AvgIpc) is 2.93. The standard InChI is InChI=1S/C18H17N3O2S/c22-11-12-9-10-19-17-13(12)5-1-4-8-16(17)24(23)18-20-14-6-2-3-7-15(14)21-18/h2-3,6-7,9-11,16H,1,4-5,8H2,(H,20,21). The molecule has 1 aliphatic rings. The number of para-hydroxylation sites is 2. The summed E-state index contributed by atoms with van der Waals surface area (Å²) in [6, 6.07) is 9.39. The predicted octanol–water partition coefficient (Wildman–Crippen LogP) is 3.35. The fourth-order valence-corrected chi connectivity index (χ4v) is 4.78. The number of nitrogens with one attached hydrogen (secondary N) is 1. The van der Waals surface area contributed by atoms with Gasteiger partial charge in [-0.1, -0.05) is 18.6 Å². The number of H-pyrrole nitrogens is 1. The van der Waals surface area contributed by atoms with Gasteiger partial charge in [0.2, 0.25) is 0 Å². The molecule has 122 valence electrons. The van der Waals surface area contributed by atoms with Crippen molar-refractivity contribution in [2.75, 3.05) is 0 Å². The molecule has 0 saturated heterocycles. The molecule has 0 spiro atoms. The molecule has 5 nitrogen and oxygen atoms in total. The number of aldehydes is 1. The van der Waals surface area contributed by atoms with E-state index < -0.39 is 10.8 Å². The zero-order chi connectivity index (χ0) is 16.5. The van der Waals surface area contributed by atoms with Crippen LogP contribution in [0.2, 0.25) is 0 Å². The number of hydrogen-bond donors (Lipinski definition) is 1. The third kappa shape index (κ3) is 2.57. The molecule has 0 aliphatic heterocycles. The van der Waals surface area contributed by atoms with Crippen LogP contribution in [0, 0.1) is 0 Å². The molecule has 2 unspecified atom stereocenters.